The molecule has 11 nitrogen and oxygen atoms in total. The fourth-order valence-electron chi connectivity index (χ4n) is 6.07. The van der Waals surface area contributed by atoms with Gasteiger partial charge < -0.3 is 28.6 Å². The molecule has 2 atom stereocenters. The molecule has 0 saturated carbocycles. The van der Waals surface area contributed by atoms with Crippen LogP contribution in [0.5, 0.6) is 0 Å². The van der Waals surface area contributed by atoms with E-state index in [9.17, 15) is 24.0 Å². The molecule has 0 spiro atoms. The lowest BCUT2D eigenvalue weighted by Gasteiger charge is -2.44. The number of esters is 5. The third-order valence-corrected chi connectivity index (χ3v) is 7.50. The average Bonchev–Trinajstić information content (AvgIpc) is 3.41. The second kappa shape index (κ2) is 10.1. The summed E-state index contributed by atoms with van der Waals surface area (Å²) < 4.78 is 25.6. The van der Waals surface area contributed by atoms with Gasteiger partial charge in [0.15, 0.2) is 0 Å². The summed E-state index contributed by atoms with van der Waals surface area (Å²) in [6.07, 6.45) is 6.70. The highest BCUT2D eigenvalue weighted by atomic mass is 16.5. The molecule has 4 aliphatic rings. The molecule has 11 heteroatoms. The van der Waals surface area contributed by atoms with Crippen LogP contribution in [0.3, 0.4) is 0 Å². The highest BCUT2D eigenvalue weighted by Gasteiger charge is 2.71. The number of nitrogens with zero attached hydrogens (tertiary/aromatic N) is 1. The van der Waals surface area contributed by atoms with E-state index < -0.39 is 52.6 Å². The fraction of sp³-hybridized carbons (Fsp3) is 0.233. The summed E-state index contributed by atoms with van der Waals surface area (Å²) in [5, 5.41) is 0. The monoisotopic (exact) mass is 559 g/mol. The number of ether oxygens (including phenoxy) is 5. The molecular weight excluding hydrogens is 534 g/mol. The van der Waals surface area contributed by atoms with Crippen LogP contribution in [0.2, 0.25) is 0 Å². The third-order valence-electron chi connectivity index (χ3n) is 7.50. The quantitative estimate of drug-likeness (QED) is 0.373. The summed E-state index contributed by atoms with van der Waals surface area (Å²) >= 11 is 0. The first kappa shape index (κ1) is 27.4. The Labute approximate surface area is 234 Å². The number of carbonyl (C=O) groups excluding carboxylic acids is 5. The van der Waals surface area contributed by atoms with E-state index in [0.717, 1.165) is 35.5 Å². The SMILES string of the molecule is COC(=O)C1=C(C(=O)OC)C2(C(=O)OC)C(C(=O)OC)=C(C(=O)OC)C3C(c4ccccc4)=C4C=CC=CC1=C4N32. The van der Waals surface area contributed by atoms with Crippen LogP contribution in [0.4, 0.5) is 0 Å². The van der Waals surface area contributed by atoms with E-state index in [1.54, 1.807) is 48.6 Å². The molecule has 1 aromatic carbocycles. The maximum atomic E-state index is 14.2. The van der Waals surface area contributed by atoms with Crippen molar-refractivity contribution in [2.75, 3.05) is 35.5 Å². The van der Waals surface area contributed by atoms with Crippen LogP contribution >= 0.6 is 0 Å². The van der Waals surface area contributed by atoms with Gasteiger partial charge in [-0.1, -0.05) is 54.6 Å². The van der Waals surface area contributed by atoms with Gasteiger partial charge in [0.25, 0.3) is 0 Å². The second-order valence-electron chi connectivity index (χ2n) is 9.15. The van der Waals surface area contributed by atoms with Crippen molar-refractivity contribution in [3.05, 3.63) is 99.3 Å². The fourth-order valence-corrected chi connectivity index (χ4v) is 6.07. The minimum absolute atomic E-state index is 0.211. The number of hydrogen-bond donors (Lipinski definition) is 0. The number of rotatable bonds is 6. The summed E-state index contributed by atoms with van der Waals surface area (Å²) in [6.45, 7) is 0. The number of benzene rings is 1. The molecule has 0 saturated heterocycles. The van der Waals surface area contributed by atoms with Gasteiger partial charge in [0.2, 0.25) is 5.54 Å². The second-order valence-corrected chi connectivity index (χ2v) is 9.15. The molecule has 0 radical (unpaired) electrons. The van der Waals surface area contributed by atoms with Crippen LogP contribution in [0.1, 0.15) is 5.56 Å². The lowest BCUT2D eigenvalue weighted by atomic mass is 9.73. The molecule has 1 aromatic rings. The van der Waals surface area contributed by atoms with Crippen LogP contribution in [0, 0.1) is 0 Å². The molecule has 2 unspecified atom stereocenters. The maximum absolute atomic E-state index is 14.2. The van der Waals surface area contributed by atoms with Gasteiger partial charge in [-0.25, -0.2) is 24.0 Å². The predicted molar refractivity (Wildman–Crippen MR) is 141 cm³/mol. The zero-order chi connectivity index (χ0) is 29.6. The van der Waals surface area contributed by atoms with Crippen molar-refractivity contribution < 1.29 is 47.7 Å². The molecule has 0 bridgehead atoms. The molecule has 0 fully saturated rings. The smallest absolute Gasteiger partial charge is 0.341 e. The minimum Gasteiger partial charge on any atom is -0.467 e. The van der Waals surface area contributed by atoms with E-state index in [4.69, 9.17) is 23.7 Å². The van der Waals surface area contributed by atoms with Gasteiger partial charge in [-0.2, -0.15) is 0 Å². The molecule has 41 heavy (non-hydrogen) atoms. The largest absolute Gasteiger partial charge is 0.467 e. The van der Waals surface area contributed by atoms with Crippen molar-refractivity contribution in [1.82, 2.24) is 4.90 Å². The summed E-state index contributed by atoms with van der Waals surface area (Å²) in [6, 6.07) is 7.84. The number of carbonyl (C=O) groups is 5. The lowest BCUT2D eigenvalue weighted by molar-refractivity contribution is -0.155. The van der Waals surface area contributed by atoms with E-state index in [1.165, 1.54) is 4.90 Å². The van der Waals surface area contributed by atoms with Crippen molar-refractivity contribution in [3.63, 3.8) is 0 Å². The summed E-state index contributed by atoms with van der Waals surface area (Å²) in [7, 11) is 5.41. The molecule has 0 N–H and O–H groups in total. The summed E-state index contributed by atoms with van der Waals surface area (Å²) in [5.41, 5.74) is -2.02. The standard InChI is InChI=1S/C30H25NO10/c1-37-25(32)19-17-14-10-9-13-16-18(15-11-7-6-8-12-15)24-20(26(33)38-2)22(28(35)40-4)30(29(36)41-5,31(24)23(16)17)21(19)27(34)39-3/h6-14,24H,1-5H3. The van der Waals surface area contributed by atoms with Gasteiger partial charge in [0.05, 0.1) is 69.6 Å². The average molecular weight is 560 g/mol. The van der Waals surface area contributed by atoms with Gasteiger partial charge in [0, 0.05) is 11.1 Å². The number of methoxy groups -OCH3 is 5. The highest BCUT2D eigenvalue weighted by molar-refractivity contribution is 6.21. The van der Waals surface area contributed by atoms with Crippen LogP contribution in [0.25, 0.3) is 5.57 Å². The number of allylic oxidation sites excluding steroid dienone is 4. The first-order valence-corrected chi connectivity index (χ1v) is 12.4. The molecular formula is C30H25NO10. The topological polar surface area (TPSA) is 135 Å². The highest BCUT2D eigenvalue weighted by Crippen LogP contribution is 2.61. The van der Waals surface area contributed by atoms with Crippen molar-refractivity contribution in [2.24, 2.45) is 0 Å². The Hall–Kier alpha value is -5.19. The van der Waals surface area contributed by atoms with Crippen LogP contribution in [-0.2, 0) is 47.7 Å². The Bertz CT molecular complexity index is 1600. The predicted octanol–water partition coefficient (Wildman–Crippen LogP) is 1.73. The Morgan fingerprint density at radius 3 is 1.80 bits per heavy atom. The van der Waals surface area contributed by atoms with Crippen LogP contribution in [0.15, 0.2) is 93.8 Å². The Morgan fingerprint density at radius 1 is 0.683 bits per heavy atom. The van der Waals surface area contributed by atoms with Gasteiger partial charge in [-0.15, -0.1) is 0 Å². The van der Waals surface area contributed by atoms with Crippen LogP contribution < -0.4 is 0 Å². The first-order valence-electron chi connectivity index (χ1n) is 12.4. The van der Waals surface area contributed by atoms with Crippen LogP contribution in [-0.4, -0.2) is 81.9 Å². The van der Waals surface area contributed by atoms with E-state index in [0.29, 0.717) is 16.7 Å². The lowest BCUT2D eigenvalue weighted by Crippen LogP contribution is -2.60. The number of hydrogen-bond acceptors (Lipinski definition) is 11. The van der Waals surface area contributed by atoms with E-state index in [2.05, 4.69) is 0 Å². The van der Waals surface area contributed by atoms with Gasteiger partial charge in [-0.3, -0.25) is 0 Å². The Balaban J connectivity index is 2.12. The van der Waals surface area contributed by atoms with Gasteiger partial charge in [0.1, 0.15) is 0 Å². The normalized spacial score (nSPS) is 22.0. The van der Waals surface area contributed by atoms with Crippen molar-refractivity contribution in [3.8, 4) is 0 Å². The van der Waals surface area contributed by atoms with E-state index in [-0.39, 0.29) is 22.4 Å². The third kappa shape index (κ3) is 3.48. The van der Waals surface area contributed by atoms with Crippen molar-refractivity contribution in [1.29, 1.82) is 0 Å². The van der Waals surface area contributed by atoms with Crippen molar-refractivity contribution >= 4 is 35.4 Å². The van der Waals surface area contributed by atoms with Crippen molar-refractivity contribution in [2.45, 2.75) is 11.6 Å². The molecule has 210 valence electrons. The molecule has 3 heterocycles. The summed E-state index contributed by atoms with van der Waals surface area (Å²) in [5.74, 6) is -5.32. The molecule has 3 aliphatic heterocycles. The van der Waals surface area contributed by atoms with E-state index in [1.807, 2.05) is 6.07 Å². The molecule has 1 aliphatic carbocycles. The zero-order valence-electron chi connectivity index (χ0n) is 22.8. The maximum Gasteiger partial charge on any atom is 0.341 e. The van der Waals surface area contributed by atoms with E-state index >= 15 is 0 Å². The molecule has 0 amide bonds. The molecule has 0 aromatic heterocycles. The van der Waals surface area contributed by atoms with Gasteiger partial charge >= 0.3 is 29.8 Å². The Kier molecular flexibility index (Phi) is 6.74. The molecule has 5 rings (SSSR count). The van der Waals surface area contributed by atoms with Gasteiger partial charge in [-0.05, 0) is 11.1 Å². The Morgan fingerprint density at radius 2 is 1.24 bits per heavy atom. The summed E-state index contributed by atoms with van der Waals surface area (Å²) in [4.78, 5) is 70.2. The first-order chi connectivity index (χ1) is 19.8. The minimum atomic E-state index is -2.50. The zero-order valence-corrected chi connectivity index (χ0v) is 22.8.